The average molecular weight is 258 g/mol. The highest BCUT2D eigenvalue weighted by atomic mass is 79.9. The maximum absolute atomic E-state index is 10.6. The van der Waals surface area contributed by atoms with Crippen molar-refractivity contribution in [1.29, 1.82) is 0 Å². The summed E-state index contributed by atoms with van der Waals surface area (Å²) in [6, 6.07) is 5.73. The van der Waals surface area contributed by atoms with E-state index in [-0.39, 0.29) is 5.91 Å². The smallest absolute Gasteiger partial charge is 0.217 e. The minimum Gasteiger partial charge on any atom is -0.496 e. The molecule has 1 aromatic rings. The summed E-state index contributed by atoms with van der Waals surface area (Å²) in [7, 11) is 1.61. The van der Waals surface area contributed by atoms with E-state index in [4.69, 9.17) is 10.5 Å². The van der Waals surface area contributed by atoms with Crippen LogP contribution in [0.4, 0.5) is 0 Å². The Morgan fingerprint density at radius 1 is 1.57 bits per heavy atom. The van der Waals surface area contributed by atoms with E-state index >= 15 is 0 Å². The number of primary amides is 1. The maximum atomic E-state index is 10.6. The van der Waals surface area contributed by atoms with Gasteiger partial charge in [-0.2, -0.15) is 0 Å². The Bertz CT molecular complexity index is 339. The molecule has 2 N–H and O–H groups in total. The van der Waals surface area contributed by atoms with E-state index in [1.165, 1.54) is 0 Å². The number of methoxy groups -OCH3 is 1. The topological polar surface area (TPSA) is 52.3 Å². The average Bonchev–Trinajstić information content (AvgIpc) is 2.16. The first-order valence-corrected chi connectivity index (χ1v) is 5.03. The summed E-state index contributed by atoms with van der Waals surface area (Å²) in [5, 5.41) is 0. The fourth-order valence-corrected chi connectivity index (χ4v) is 1.54. The quantitative estimate of drug-likeness (QED) is 0.896. The zero-order chi connectivity index (χ0) is 10.6. The van der Waals surface area contributed by atoms with Crippen LogP contribution >= 0.6 is 15.9 Å². The molecule has 0 aliphatic heterocycles. The minimum absolute atomic E-state index is 0.285. The van der Waals surface area contributed by atoms with Gasteiger partial charge in [0.25, 0.3) is 0 Å². The lowest BCUT2D eigenvalue weighted by Gasteiger charge is -2.05. The van der Waals surface area contributed by atoms with Crippen LogP contribution in [-0.2, 0) is 11.2 Å². The summed E-state index contributed by atoms with van der Waals surface area (Å²) in [5.74, 6) is 0.485. The molecule has 0 aliphatic carbocycles. The van der Waals surface area contributed by atoms with Crippen molar-refractivity contribution in [3.05, 3.63) is 28.2 Å². The highest BCUT2D eigenvalue weighted by Gasteiger charge is 2.02. The molecule has 4 heteroatoms. The van der Waals surface area contributed by atoms with Crippen molar-refractivity contribution >= 4 is 21.8 Å². The third kappa shape index (κ3) is 3.03. The largest absolute Gasteiger partial charge is 0.496 e. The van der Waals surface area contributed by atoms with Gasteiger partial charge in [-0.1, -0.05) is 6.07 Å². The van der Waals surface area contributed by atoms with E-state index in [0.29, 0.717) is 12.8 Å². The predicted octanol–water partition coefficient (Wildman–Crippen LogP) is 1.88. The lowest BCUT2D eigenvalue weighted by Crippen LogP contribution is -2.11. The predicted molar refractivity (Wildman–Crippen MR) is 58.2 cm³/mol. The van der Waals surface area contributed by atoms with Gasteiger partial charge >= 0.3 is 0 Å². The summed E-state index contributed by atoms with van der Waals surface area (Å²) >= 11 is 3.35. The number of ether oxygens (including phenoxy) is 1. The van der Waals surface area contributed by atoms with Crippen LogP contribution in [-0.4, -0.2) is 13.0 Å². The molecule has 0 saturated carbocycles. The molecular formula is C10H12BrNO2. The number of amides is 1. The van der Waals surface area contributed by atoms with Gasteiger partial charge in [0.2, 0.25) is 5.91 Å². The Morgan fingerprint density at radius 2 is 2.29 bits per heavy atom. The van der Waals surface area contributed by atoms with Gasteiger partial charge in [-0.3, -0.25) is 4.79 Å². The molecule has 0 aromatic heterocycles. The second-order valence-electron chi connectivity index (χ2n) is 2.94. The summed E-state index contributed by atoms with van der Waals surface area (Å²) < 4.78 is 6.03. The summed E-state index contributed by atoms with van der Waals surface area (Å²) in [4.78, 5) is 10.6. The summed E-state index contributed by atoms with van der Waals surface area (Å²) in [6.07, 6.45) is 1.02. The van der Waals surface area contributed by atoms with Crippen LogP contribution in [0, 0.1) is 0 Å². The number of carbonyl (C=O) groups excluding carboxylic acids is 1. The molecule has 0 fully saturated rings. The van der Waals surface area contributed by atoms with Crippen LogP contribution in [0.2, 0.25) is 0 Å². The second-order valence-corrected chi connectivity index (χ2v) is 3.79. The highest BCUT2D eigenvalue weighted by Crippen LogP contribution is 2.25. The summed E-state index contributed by atoms with van der Waals surface area (Å²) in [5.41, 5.74) is 6.11. The Hall–Kier alpha value is -1.03. The number of benzene rings is 1. The molecule has 1 rings (SSSR count). The van der Waals surface area contributed by atoms with Crippen LogP contribution in [0.15, 0.2) is 22.7 Å². The van der Waals surface area contributed by atoms with Crippen LogP contribution in [0.3, 0.4) is 0 Å². The number of rotatable bonds is 4. The van der Waals surface area contributed by atoms with E-state index in [0.717, 1.165) is 15.8 Å². The molecule has 0 spiro atoms. The monoisotopic (exact) mass is 257 g/mol. The molecule has 3 nitrogen and oxygen atoms in total. The molecule has 0 aliphatic rings. The first-order valence-electron chi connectivity index (χ1n) is 4.24. The van der Waals surface area contributed by atoms with Gasteiger partial charge in [-0.05, 0) is 40.0 Å². The fraction of sp³-hybridized carbons (Fsp3) is 0.300. The number of hydrogen-bond donors (Lipinski definition) is 1. The molecule has 0 heterocycles. The van der Waals surface area contributed by atoms with Crippen LogP contribution in [0.25, 0.3) is 0 Å². The van der Waals surface area contributed by atoms with E-state index in [1.807, 2.05) is 18.2 Å². The Balaban J connectivity index is 2.74. The SMILES string of the molecule is COc1cc(CCC(N)=O)ccc1Br. The van der Waals surface area contributed by atoms with Gasteiger partial charge in [-0.25, -0.2) is 0 Å². The van der Waals surface area contributed by atoms with E-state index in [1.54, 1.807) is 7.11 Å². The highest BCUT2D eigenvalue weighted by molar-refractivity contribution is 9.10. The molecule has 76 valence electrons. The van der Waals surface area contributed by atoms with Crippen molar-refractivity contribution in [3.8, 4) is 5.75 Å². The lowest BCUT2D eigenvalue weighted by atomic mass is 10.1. The molecule has 1 aromatic carbocycles. The van der Waals surface area contributed by atoms with E-state index in [2.05, 4.69) is 15.9 Å². The van der Waals surface area contributed by atoms with Crippen LogP contribution in [0.1, 0.15) is 12.0 Å². The number of aryl methyl sites for hydroxylation is 1. The number of halogens is 1. The van der Waals surface area contributed by atoms with Gasteiger partial charge < -0.3 is 10.5 Å². The minimum atomic E-state index is -0.285. The third-order valence-corrected chi connectivity index (χ3v) is 2.53. The summed E-state index contributed by atoms with van der Waals surface area (Å²) in [6.45, 7) is 0. The zero-order valence-corrected chi connectivity index (χ0v) is 9.50. The van der Waals surface area contributed by atoms with Gasteiger partial charge in [0.15, 0.2) is 0 Å². The van der Waals surface area contributed by atoms with Crippen molar-refractivity contribution in [2.75, 3.05) is 7.11 Å². The van der Waals surface area contributed by atoms with Crippen LogP contribution in [0.5, 0.6) is 5.75 Å². The first kappa shape index (κ1) is 11.0. The normalized spacial score (nSPS) is 9.86. The van der Waals surface area contributed by atoms with Crippen molar-refractivity contribution in [2.24, 2.45) is 5.73 Å². The molecule has 0 atom stereocenters. The fourth-order valence-electron chi connectivity index (χ4n) is 1.13. The number of carbonyl (C=O) groups is 1. The Morgan fingerprint density at radius 3 is 2.86 bits per heavy atom. The third-order valence-electron chi connectivity index (χ3n) is 1.88. The molecule has 0 bridgehead atoms. The van der Waals surface area contributed by atoms with Crippen molar-refractivity contribution in [1.82, 2.24) is 0 Å². The lowest BCUT2D eigenvalue weighted by molar-refractivity contribution is -0.117. The van der Waals surface area contributed by atoms with Gasteiger partial charge in [0.05, 0.1) is 11.6 Å². The van der Waals surface area contributed by atoms with Gasteiger partial charge in [0, 0.05) is 6.42 Å². The first-order chi connectivity index (χ1) is 6.63. The van der Waals surface area contributed by atoms with Crippen molar-refractivity contribution in [3.63, 3.8) is 0 Å². The molecule has 0 radical (unpaired) electrons. The zero-order valence-electron chi connectivity index (χ0n) is 7.92. The van der Waals surface area contributed by atoms with Crippen molar-refractivity contribution in [2.45, 2.75) is 12.8 Å². The number of hydrogen-bond acceptors (Lipinski definition) is 2. The molecule has 0 saturated heterocycles. The molecular weight excluding hydrogens is 246 g/mol. The maximum Gasteiger partial charge on any atom is 0.217 e. The van der Waals surface area contributed by atoms with Gasteiger partial charge in [0.1, 0.15) is 5.75 Å². The van der Waals surface area contributed by atoms with Gasteiger partial charge in [-0.15, -0.1) is 0 Å². The number of nitrogens with two attached hydrogens (primary N) is 1. The Labute approximate surface area is 91.4 Å². The molecule has 1 amide bonds. The molecule has 14 heavy (non-hydrogen) atoms. The van der Waals surface area contributed by atoms with E-state index in [9.17, 15) is 4.79 Å². The second kappa shape index (κ2) is 5.00. The van der Waals surface area contributed by atoms with Crippen molar-refractivity contribution < 1.29 is 9.53 Å². The Kier molecular flexibility index (Phi) is 3.95. The van der Waals surface area contributed by atoms with Crippen LogP contribution < -0.4 is 10.5 Å². The molecule has 0 unspecified atom stereocenters. The standard InChI is InChI=1S/C10H12BrNO2/c1-14-9-6-7(2-4-8(9)11)3-5-10(12)13/h2,4,6H,3,5H2,1H3,(H2,12,13). The van der Waals surface area contributed by atoms with E-state index < -0.39 is 0 Å².